The molecule has 6 heteroatoms. The Kier molecular flexibility index (Phi) is 3.63. The minimum absolute atomic E-state index is 0.0860. The molecule has 0 spiro atoms. The summed E-state index contributed by atoms with van der Waals surface area (Å²) in [5, 5.41) is 8.16. The van der Waals surface area contributed by atoms with Crippen molar-refractivity contribution < 1.29 is 9.53 Å². The summed E-state index contributed by atoms with van der Waals surface area (Å²) in [6, 6.07) is 1.82. The molecule has 0 radical (unpaired) electrons. The van der Waals surface area contributed by atoms with Gasteiger partial charge in [0.2, 0.25) is 0 Å². The molecule has 3 rings (SSSR count). The molecule has 1 saturated heterocycles. The molecule has 1 N–H and O–H groups in total. The number of nitrogens with zero attached hydrogens (tertiary/aromatic N) is 3. The van der Waals surface area contributed by atoms with Crippen molar-refractivity contribution in [3.63, 3.8) is 0 Å². The van der Waals surface area contributed by atoms with Crippen LogP contribution in [-0.2, 0) is 11.8 Å². The first-order valence-corrected chi connectivity index (χ1v) is 7.27. The van der Waals surface area contributed by atoms with E-state index < -0.39 is 0 Å². The maximum absolute atomic E-state index is 12.5. The van der Waals surface area contributed by atoms with Crippen molar-refractivity contribution in [2.24, 2.45) is 7.05 Å². The average Bonchev–Trinajstić information content (AvgIpc) is 3.05. The predicted molar refractivity (Wildman–Crippen MR) is 79.3 cm³/mol. The highest BCUT2D eigenvalue weighted by Gasteiger charge is 2.20. The van der Waals surface area contributed by atoms with Crippen molar-refractivity contribution in [1.82, 2.24) is 20.1 Å². The Morgan fingerprint density at radius 2 is 2.33 bits per heavy atom. The fourth-order valence-electron chi connectivity index (χ4n) is 2.86. The first-order chi connectivity index (χ1) is 10.1. The van der Waals surface area contributed by atoms with E-state index >= 15 is 0 Å². The van der Waals surface area contributed by atoms with Gasteiger partial charge < -0.3 is 10.1 Å². The molecule has 3 heterocycles. The van der Waals surface area contributed by atoms with Crippen molar-refractivity contribution >= 4 is 16.9 Å². The van der Waals surface area contributed by atoms with E-state index in [4.69, 9.17) is 4.74 Å². The van der Waals surface area contributed by atoms with Gasteiger partial charge in [-0.3, -0.25) is 9.48 Å². The van der Waals surface area contributed by atoms with Gasteiger partial charge in [-0.15, -0.1) is 0 Å². The van der Waals surface area contributed by atoms with E-state index in [1.54, 1.807) is 4.68 Å². The number of aryl methyl sites for hydroxylation is 3. The summed E-state index contributed by atoms with van der Waals surface area (Å²) in [7, 11) is 1.84. The zero-order valence-electron chi connectivity index (χ0n) is 12.6. The van der Waals surface area contributed by atoms with Gasteiger partial charge in [0.25, 0.3) is 5.91 Å². The summed E-state index contributed by atoms with van der Waals surface area (Å²) in [6.45, 7) is 5.14. The van der Waals surface area contributed by atoms with Gasteiger partial charge in [0.05, 0.1) is 22.7 Å². The van der Waals surface area contributed by atoms with Crippen LogP contribution in [0.25, 0.3) is 11.0 Å². The topological polar surface area (TPSA) is 69.0 Å². The normalized spacial score (nSPS) is 18.3. The van der Waals surface area contributed by atoms with E-state index in [-0.39, 0.29) is 12.0 Å². The zero-order valence-corrected chi connectivity index (χ0v) is 12.6. The van der Waals surface area contributed by atoms with Gasteiger partial charge >= 0.3 is 0 Å². The molecule has 0 saturated carbocycles. The van der Waals surface area contributed by atoms with Gasteiger partial charge in [-0.25, -0.2) is 4.98 Å². The lowest BCUT2D eigenvalue weighted by Crippen LogP contribution is -2.32. The minimum Gasteiger partial charge on any atom is -0.376 e. The molecule has 0 aromatic carbocycles. The van der Waals surface area contributed by atoms with Crippen LogP contribution in [0, 0.1) is 13.8 Å². The van der Waals surface area contributed by atoms with Gasteiger partial charge in [0, 0.05) is 25.9 Å². The molecule has 2 aromatic heterocycles. The van der Waals surface area contributed by atoms with Crippen molar-refractivity contribution in [2.45, 2.75) is 32.8 Å². The summed E-state index contributed by atoms with van der Waals surface area (Å²) in [6.07, 6.45) is 2.22. The zero-order chi connectivity index (χ0) is 15.0. The maximum Gasteiger partial charge on any atom is 0.252 e. The molecule has 1 amide bonds. The van der Waals surface area contributed by atoms with Gasteiger partial charge in [0.1, 0.15) is 0 Å². The Balaban J connectivity index is 1.89. The highest BCUT2D eigenvalue weighted by Crippen LogP contribution is 2.21. The van der Waals surface area contributed by atoms with Crippen LogP contribution in [-0.4, -0.2) is 39.9 Å². The second-order valence-corrected chi connectivity index (χ2v) is 5.56. The van der Waals surface area contributed by atoms with Crippen molar-refractivity contribution in [1.29, 1.82) is 0 Å². The molecule has 1 aliphatic rings. The number of amides is 1. The van der Waals surface area contributed by atoms with E-state index in [1.807, 2.05) is 27.0 Å². The molecule has 0 aliphatic carbocycles. The summed E-state index contributed by atoms with van der Waals surface area (Å²) in [4.78, 5) is 17.0. The van der Waals surface area contributed by atoms with Crippen LogP contribution in [0.1, 0.15) is 34.6 Å². The highest BCUT2D eigenvalue weighted by atomic mass is 16.5. The third-order valence-corrected chi connectivity index (χ3v) is 3.86. The second-order valence-electron chi connectivity index (χ2n) is 5.56. The molecule has 2 aromatic rings. The third-order valence-electron chi connectivity index (χ3n) is 3.86. The predicted octanol–water partition coefficient (Wildman–Crippen LogP) is 1.49. The van der Waals surface area contributed by atoms with Gasteiger partial charge in [-0.05, 0) is 32.8 Å². The van der Waals surface area contributed by atoms with E-state index in [0.717, 1.165) is 41.9 Å². The van der Waals surface area contributed by atoms with E-state index in [2.05, 4.69) is 15.4 Å². The molecule has 21 heavy (non-hydrogen) atoms. The van der Waals surface area contributed by atoms with Crippen LogP contribution in [0.2, 0.25) is 0 Å². The second kappa shape index (κ2) is 5.44. The average molecular weight is 288 g/mol. The molecule has 0 unspecified atom stereocenters. The summed E-state index contributed by atoms with van der Waals surface area (Å²) in [5.74, 6) is -0.0860. The third kappa shape index (κ3) is 2.63. The summed E-state index contributed by atoms with van der Waals surface area (Å²) < 4.78 is 7.25. The monoisotopic (exact) mass is 288 g/mol. The van der Waals surface area contributed by atoms with Crippen LogP contribution in [0.3, 0.4) is 0 Å². The van der Waals surface area contributed by atoms with Gasteiger partial charge in [0.15, 0.2) is 5.65 Å². The largest absolute Gasteiger partial charge is 0.376 e. The molecule has 0 bridgehead atoms. The Morgan fingerprint density at radius 1 is 1.52 bits per heavy atom. The number of pyridine rings is 1. The molecule has 6 nitrogen and oxygen atoms in total. The smallest absolute Gasteiger partial charge is 0.252 e. The molecule has 1 atom stereocenters. The Hall–Kier alpha value is -1.95. The van der Waals surface area contributed by atoms with Crippen molar-refractivity contribution in [3.8, 4) is 0 Å². The fourth-order valence-corrected chi connectivity index (χ4v) is 2.86. The number of carbonyl (C=O) groups excluding carboxylic acids is 1. The fraction of sp³-hybridized carbons (Fsp3) is 0.533. The standard InChI is InChI=1S/C15H20N4O2/c1-9-7-12(13-10(2)18-19(3)14(13)17-9)15(20)16-8-11-5-4-6-21-11/h7,11H,4-6,8H2,1-3H3,(H,16,20)/t11-/m1/s1. The number of nitrogens with one attached hydrogen (secondary N) is 1. The number of hydrogen-bond acceptors (Lipinski definition) is 4. The summed E-state index contributed by atoms with van der Waals surface area (Å²) >= 11 is 0. The molecular formula is C15H20N4O2. The lowest BCUT2D eigenvalue weighted by Gasteiger charge is -2.11. The number of ether oxygens (including phenoxy) is 1. The first-order valence-electron chi connectivity index (χ1n) is 7.27. The number of carbonyl (C=O) groups is 1. The van der Waals surface area contributed by atoms with Crippen LogP contribution in [0.4, 0.5) is 0 Å². The first kappa shape index (κ1) is 14.0. The SMILES string of the molecule is Cc1cc(C(=O)NC[C@H]2CCCO2)c2c(C)nn(C)c2n1. The lowest BCUT2D eigenvalue weighted by molar-refractivity contribution is 0.0859. The number of hydrogen-bond donors (Lipinski definition) is 1. The van der Waals surface area contributed by atoms with Gasteiger partial charge in [-0.2, -0.15) is 5.10 Å². The van der Waals surface area contributed by atoms with Crippen LogP contribution in [0.5, 0.6) is 0 Å². The van der Waals surface area contributed by atoms with Crippen LogP contribution in [0.15, 0.2) is 6.07 Å². The Bertz CT molecular complexity index is 687. The molecule has 1 fully saturated rings. The number of rotatable bonds is 3. The van der Waals surface area contributed by atoms with Gasteiger partial charge in [-0.1, -0.05) is 0 Å². The van der Waals surface area contributed by atoms with Crippen LogP contribution < -0.4 is 5.32 Å². The van der Waals surface area contributed by atoms with Crippen molar-refractivity contribution in [2.75, 3.05) is 13.2 Å². The number of aromatic nitrogens is 3. The van der Waals surface area contributed by atoms with Crippen molar-refractivity contribution in [3.05, 3.63) is 23.0 Å². The van der Waals surface area contributed by atoms with E-state index in [1.165, 1.54) is 0 Å². The lowest BCUT2D eigenvalue weighted by atomic mass is 10.1. The minimum atomic E-state index is -0.0860. The molecule has 112 valence electrons. The van der Waals surface area contributed by atoms with E-state index in [9.17, 15) is 4.79 Å². The molecular weight excluding hydrogens is 268 g/mol. The number of fused-ring (bicyclic) bond motifs is 1. The van der Waals surface area contributed by atoms with Crippen LogP contribution >= 0.6 is 0 Å². The molecule has 1 aliphatic heterocycles. The quantitative estimate of drug-likeness (QED) is 0.929. The Morgan fingerprint density at radius 3 is 3.05 bits per heavy atom. The summed E-state index contributed by atoms with van der Waals surface area (Å²) in [5.41, 5.74) is 3.02. The maximum atomic E-state index is 12.5. The highest BCUT2D eigenvalue weighted by molar-refractivity contribution is 6.06. The Labute approximate surface area is 123 Å². The van der Waals surface area contributed by atoms with E-state index in [0.29, 0.717) is 12.1 Å².